The Kier molecular flexibility index (Phi) is 7.05. The number of urea groups is 1. The Balaban J connectivity index is 1.49. The zero-order valence-electron chi connectivity index (χ0n) is 22.8. The molecule has 0 spiro atoms. The third kappa shape index (κ3) is 4.71. The van der Waals surface area contributed by atoms with E-state index in [2.05, 4.69) is 61.8 Å². The predicted octanol–water partition coefficient (Wildman–Crippen LogP) is 5.54. The summed E-state index contributed by atoms with van der Waals surface area (Å²) in [6, 6.07) is 18.0. The summed E-state index contributed by atoms with van der Waals surface area (Å²) in [5.41, 5.74) is 3.35. The van der Waals surface area contributed by atoms with Crippen molar-refractivity contribution >= 4 is 28.5 Å². The van der Waals surface area contributed by atoms with Crippen molar-refractivity contribution in [2.24, 2.45) is 5.92 Å². The van der Waals surface area contributed by atoms with E-state index in [1.807, 2.05) is 35.2 Å². The number of carbonyl (C=O) groups excluding carboxylic acids is 1. The average molecular weight is 515 g/mol. The molecule has 3 aromatic rings. The number of aromatic amines is 1. The Labute approximate surface area is 224 Å². The van der Waals surface area contributed by atoms with Crippen molar-refractivity contribution in [1.82, 2.24) is 19.7 Å². The maximum absolute atomic E-state index is 14.2. The fourth-order valence-electron chi connectivity index (χ4n) is 6.61. The number of hydrogen-bond acceptors (Lipinski definition) is 3. The maximum atomic E-state index is 14.2. The third-order valence-electron chi connectivity index (χ3n) is 8.12. The molecule has 0 bridgehead atoms. The van der Waals surface area contributed by atoms with E-state index in [1.54, 1.807) is 11.1 Å². The van der Waals surface area contributed by atoms with Crippen LogP contribution in [-0.4, -0.2) is 69.0 Å². The number of carboxylic acids is 1. The fraction of sp³-hybridized carbons (Fsp3) is 0.419. The largest absolute Gasteiger partial charge is 0.478 e. The lowest BCUT2D eigenvalue weighted by molar-refractivity contribution is -0.130. The van der Waals surface area contributed by atoms with Crippen LogP contribution >= 0.6 is 0 Å². The first-order valence-corrected chi connectivity index (χ1v) is 13.6. The van der Waals surface area contributed by atoms with Crippen molar-refractivity contribution < 1.29 is 14.7 Å². The highest BCUT2D eigenvalue weighted by Crippen LogP contribution is 2.45. The SMILES string of the molecule is CC(C)C1N(C(=O)N2CCCN(Cc3ccccc3)CC2)C=C(C(=O)O)c2[nH]c3ccccc3c2C1(C)C. The summed E-state index contributed by atoms with van der Waals surface area (Å²) in [4.78, 5) is 36.2. The van der Waals surface area contributed by atoms with Crippen molar-refractivity contribution in [3.05, 3.63) is 77.6 Å². The Hall–Kier alpha value is -3.58. The number of para-hydroxylation sites is 1. The minimum absolute atomic E-state index is 0.0985. The molecule has 2 N–H and O–H groups in total. The predicted molar refractivity (Wildman–Crippen MR) is 151 cm³/mol. The van der Waals surface area contributed by atoms with Crippen LogP contribution in [0.25, 0.3) is 16.5 Å². The first-order valence-electron chi connectivity index (χ1n) is 13.6. The number of carboxylic acid groups (broad SMARTS) is 1. The molecular formula is C31H38N4O3. The van der Waals surface area contributed by atoms with E-state index in [1.165, 1.54) is 5.56 Å². The van der Waals surface area contributed by atoms with Crippen LogP contribution in [0.3, 0.4) is 0 Å². The number of amides is 2. The van der Waals surface area contributed by atoms with Crippen LogP contribution in [0.1, 0.15) is 50.9 Å². The number of carbonyl (C=O) groups is 2. The van der Waals surface area contributed by atoms with E-state index < -0.39 is 11.4 Å². The van der Waals surface area contributed by atoms with Crippen LogP contribution in [0.5, 0.6) is 0 Å². The molecule has 2 aromatic carbocycles. The Bertz CT molecular complexity index is 1360. The van der Waals surface area contributed by atoms with Crippen LogP contribution in [0, 0.1) is 5.92 Å². The summed E-state index contributed by atoms with van der Waals surface area (Å²) in [6.45, 7) is 12.3. The van der Waals surface area contributed by atoms with Gasteiger partial charge in [-0.05, 0) is 29.5 Å². The summed E-state index contributed by atoms with van der Waals surface area (Å²) in [7, 11) is 0. The highest BCUT2D eigenvalue weighted by atomic mass is 16.4. The molecule has 38 heavy (non-hydrogen) atoms. The average Bonchev–Trinajstić information content (AvgIpc) is 3.06. The zero-order valence-corrected chi connectivity index (χ0v) is 22.8. The molecule has 1 fully saturated rings. The minimum atomic E-state index is -1.04. The van der Waals surface area contributed by atoms with Gasteiger partial charge in [0.2, 0.25) is 0 Å². The van der Waals surface area contributed by atoms with Crippen LogP contribution < -0.4 is 0 Å². The molecular weight excluding hydrogens is 476 g/mol. The standard InChI is InChI=1S/C31H38N4O3/c1-21(2)28-31(3,4)26-23-13-8-9-14-25(23)32-27(26)24(29(36)37)20-35(28)30(38)34-16-10-15-33(17-18-34)19-22-11-6-5-7-12-22/h5-9,11-14,20-21,28,32H,10,15-19H2,1-4H3,(H,36,37). The van der Waals surface area contributed by atoms with E-state index in [0.29, 0.717) is 18.8 Å². The number of fused-ring (bicyclic) bond motifs is 3. The van der Waals surface area contributed by atoms with Gasteiger partial charge >= 0.3 is 12.0 Å². The lowest BCUT2D eigenvalue weighted by Crippen LogP contribution is -2.54. The summed E-state index contributed by atoms with van der Waals surface area (Å²) in [5.74, 6) is -0.942. The maximum Gasteiger partial charge on any atom is 0.339 e. The molecule has 1 aromatic heterocycles. The van der Waals surface area contributed by atoms with E-state index in [4.69, 9.17) is 0 Å². The number of nitrogens with zero attached hydrogens (tertiary/aromatic N) is 3. The van der Waals surface area contributed by atoms with Crippen LogP contribution in [0.15, 0.2) is 60.8 Å². The number of nitrogens with one attached hydrogen (secondary N) is 1. The Morgan fingerprint density at radius 1 is 1.00 bits per heavy atom. The highest BCUT2D eigenvalue weighted by Gasteiger charge is 2.46. The van der Waals surface area contributed by atoms with Crippen molar-refractivity contribution in [2.45, 2.75) is 52.1 Å². The van der Waals surface area contributed by atoms with Gasteiger partial charge in [0, 0.05) is 61.3 Å². The minimum Gasteiger partial charge on any atom is -0.478 e. The van der Waals surface area contributed by atoms with Gasteiger partial charge in [0.15, 0.2) is 0 Å². The monoisotopic (exact) mass is 514 g/mol. The van der Waals surface area contributed by atoms with Crippen LogP contribution in [0.2, 0.25) is 0 Å². The first-order chi connectivity index (χ1) is 18.2. The third-order valence-corrected chi connectivity index (χ3v) is 8.12. The van der Waals surface area contributed by atoms with E-state index >= 15 is 0 Å². The quantitative estimate of drug-likeness (QED) is 0.479. The summed E-state index contributed by atoms with van der Waals surface area (Å²) in [5, 5.41) is 11.3. The molecule has 0 saturated carbocycles. The molecule has 2 aliphatic rings. The molecule has 7 nitrogen and oxygen atoms in total. The van der Waals surface area contributed by atoms with Gasteiger partial charge < -0.3 is 15.0 Å². The topological polar surface area (TPSA) is 79.9 Å². The van der Waals surface area contributed by atoms with Crippen molar-refractivity contribution in [3.63, 3.8) is 0 Å². The Morgan fingerprint density at radius 2 is 1.71 bits per heavy atom. The molecule has 200 valence electrons. The van der Waals surface area contributed by atoms with Crippen LogP contribution in [0.4, 0.5) is 4.79 Å². The van der Waals surface area contributed by atoms with Gasteiger partial charge in [-0.2, -0.15) is 0 Å². The molecule has 2 aliphatic heterocycles. The smallest absolute Gasteiger partial charge is 0.339 e. The second kappa shape index (κ2) is 10.3. The van der Waals surface area contributed by atoms with Crippen molar-refractivity contribution in [1.29, 1.82) is 0 Å². The van der Waals surface area contributed by atoms with Gasteiger partial charge in [-0.1, -0.05) is 76.2 Å². The summed E-state index contributed by atoms with van der Waals surface area (Å²) < 4.78 is 0. The molecule has 0 aliphatic carbocycles. The number of aromatic nitrogens is 1. The fourth-order valence-corrected chi connectivity index (χ4v) is 6.61. The highest BCUT2D eigenvalue weighted by molar-refractivity contribution is 6.17. The second-order valence-electron chi connectivity index (χ2n) is 11.5. The number of benzene rings is 2. The van der Waals surface area contributed by atoms with Gasteiger partial charge in [0.25, 0.3) is 0 Å². The van der Waals surface area contributed by atoms with E-state index in [-0.39, 0.29) is 23.6 Å². The number of rotatable bonds is 4. The first kappa shape index (κ1) is 26.0. The Morgan fingerprint density at radius 3 is 2.42 bits per heavy atom. The molecule has 3 heterocycles. The molecule has 0 radical (unpaired) electrons. The van der Waals surface area contributed by atoms with Crippen molar-refractivity contribution in [3.8, 4) is 0 Å². The molecule has 1 unspecified atom stereocenters. The number of hydrogen-bond donors (Lipinski definition) is 2. The molecule has 1 saturated heterocycles. The summed E-state index contributed by atoms with van der Waals surface area (Å²) >= 11 is 0. The normalized spacial score (nSPS) is 20.1. The number of aliphatic carboxylic acids is 1. The van der Waals surface area contributed by atoms with E-state index in [9.17, 15) is 14.7 Å². The van der Waals surface area contributed by atoms with E-state index in [0.717, 1.165) is 42.5 Å². The van der Waals surface area contributed by atoms with Crippen molar-refractivity contribution in [2.75, 3.05) is 26.2 Å². The van der Waals surface area contributed by atoms with Gasteiger partial charge in [0.1, 0.15) is 0 Å². The van der Waals surface area contributed by atoms with Crippen LogP contribution in [-0.2, 0) is 16.8 Å². The zero-order chi connectivity index (χ0) is 27.0. The van der Waals surface area contributed by atoms with Gasteiger partial charge in [-0.3, -0.25) is 9.80 Å². The second-order valence-corrected chi connectivity index (χ2v) is 11.5. The molecule has 2 amide bonds. The van der Waals surface area contributed by atoms with Gasteiger partial charge in [-0.25, -0.2) is 9.59 Å². The lowest BCUT2D eigenvalue weighted by Gasteiger charge is -2.44. The lowest BCUT2D eigenvalue weighted by atomic mass is 9.72. The number of H-pyrrole nitrogens is 1. The van der Waals surface area contributed by atoms with Gasteiger partial charge in [-0.15, -0.1) is 0 Å². The molecule has 7 heteroatoms. The van der Waals surface area contributed by atoms with Gasteiger partial charge in [0.05, 0.1) is 11.3 Å². The molecule has 1 atom stereocenters. The molecule has 5 rings (SSSR count). The summed E-state index contributed by atoms with van der Waals surface area (Å²) in [6.07, 6.45) is 2.46.